The van der Waals surface area contributed by atoms with Crippen LogP contribution in [0.5, 0.6) is 0 Å². The Hall–Kier alpha value is -1.52. The Morgan fingerprint density at radius 3 is 2.06 bits per heavy atom. The first-order valence-electron chi connectivity index (χ1n) is 5.04. The van der Waals surface area contributed by atoms with E-state index in [1.807, 2.05) is 0 Å². The zero-order valence-corrected chi connectivity index (χ0v) is 10.1. The van der Waals surface area contributed by atoms with Crippen molar-refractivity contribution in [3.05, 3.63) is 34.4 Å². The molecule has 0 unspecified atom stereocenters. The van der Waals surface area contributed by atoms with Crippen LogP contribution in [0.3, 0.4) is 0 Å². The SMILES string of the molecule is Cc1cc(C)c(C(F)(F)F)cc1C(=O)N(C)C. The van der Waals surface area contributed by atoms with Crippen LogP contribution in [0.2, 0.25) is 0 Å². The Labute approximate surface area is 98.0 Å². The van der Waals surface area contributed by atoms with Crippen molar-refractivity contribution in [2.24, 2.45) is 0 Å². The molecule has 0 saturated heterocycles. The van der Waals surface area contributed by atoms with Gasteiger partial charge in [-0.3, -0.25) is 4.79 Å². The minimum absolute atomic E-state index is 0.0907. The molecule has 0 bridgehead atoms. The van der Waals surface area contributed by atoms with E-state index >= 15 is 0 Å². The van der Waals surface area contributed by atoms with E-state index in [2.05, 4.69) is 0 Å². The smallest absolute Gasteiger partial charge is 0.345 e. The summed E-state index contributed by atoms with van der Waals surface area (Å²) in [5.74, 6) is -0.423. The molecule has 0 spiro atoms. The first-order valence-corrected chi connectivity index (χ1v) is 5.04. The molecule has 0 aliphatic rings. The van der Waals surface area contributed by atoms with Crippen molar-refractivity contribution in [2.45, 2.75) is 20.0 Å². The summed E-state index contributed by atoms with van der Waals surface area (Å²) in [5.41, 5.74) is 0.0146. The molecule has 0 heterocycles. The summed E-state index contributed by atoms with van der Waals surface area (Å²) >= 11 is 0. The van der Waals surface area contributed by atoms with E-state index in [9.17, 15) is 18.0 Å². The van der Waals surface area contributed by atoms with Crippen LogP contribution in [0.25, 0.3) is 0 Å². The van der Waals surface area contributed by atoms with E-state index in [0.29, 0.717) is 5.56 Å². The molecule has 0 saturated carbocycles. The topological polar surface area (TPSA) is 20.3 Å². The van der Waals surface area contributed by atoms with E-state index in [4.69, 9.17) is 0 Å². The van der Waals surface area contributed by atoms with Crippen molar-refractivity contribution in [1.29, 1.82) is 0 Å². The van der Waals surface area contributed by atoms with E-state index in [1.54, 1.807) is 6.92 Å². The fourth-order valence-electron chi connectivity index (χ4n) is 1.63. The van der Waals surface area contributed by atoms with Crippen molar-refractivity contribution in [1.82, 2.24) is 4.90 Å². The lowest BCUT2D eigenvalue weighted by Crippen LogP contribution is -2.23. The number of carbonyl (C=O) groups is 1. The van der Waals surface area contributed by atoms with Gasteiger partial charge in [0.2, 0.25) is 0 Å². The van der Waals surface area contributed by atoms with Gasteiger partial charge < -0.3 is 4.90 Å². The number of amides is 1. The van der Waals surface area contributed by atoms with Gasteiger partial charge in [0.1, 0.15) is 0 Å². The van der Waals surface area contributed by atoms with Gasteiger partial charge in [0.05, 0.1) is 5.56 Å². The predicted molar refractivity (Wildman–Crippen MR) is 58.9 cm³/mol. The highest BCUT2D eigenvalue weighted by Crippen LogP contribution is 2.33. The van der Waals surface area contributed by atoms with Crippen LogP contribution in [-0.4, -0.2) is 24.9 Å². The summed E-state index contributed by atoms with van der Waals surface area (Å²) in [4.78, 5) is 13.0. The molecule has 0 aromatic heterocycles. The van der Waals surface area contributed by atoms with Crippen molar-refractivity contribution in [3.8, 4) is 0 Å². The molecule has 0 atom stereocenters. The number of benzene rings is 1. The number of halogens is 3. The van der Waals surface area contributed by atoms with Gasteiger partial charge in [-0.25, -0.2) is 0 Å². The van der Waals surface area contributed by atoms with E-state index in [0.717, 1.165) is 6.07 Å². The Kier molecular flexibility index (Phi) is 3.50. The van der Waals surface area contributed by atoms with Gasteiger partial charge in [-0.05, 0) is 31.0 Å². The summed E-state index contributed by atoms with van der Waals surface area (Å²) in [6.07, 6.45) is -4.43. The van der Waals surface area contributed by atoms with Gasteiger partial charge in [0.25, 0.3) is 5.91 Å². The molecule has 0 radical (unpaired) electrons. The maximum absolute atomic E-state index is 12.7. The minimum Gasteiger partial charge on any atom is -0.345 e. The molecule has 1 rings (SSSR count). The number of nitrogens with zero attached hydrogens (tertiary/aromatic N) is 1. The van der Waals surface area contributed by atoms with Crippen LogP contribution < -0.4 is 0 Å². The normalized spacial score (nSPS) is 11.5. The molecule has 0 aliphatic carbocycles. The second-order valence-electron chi connectivity index (χ2n) is 4.18. The lowest BCUT2D eigenvalue weighted by molar-refractivity contribution is -0.138. The van der Waals surface area contributed by atoms with Gasteiger partial charge in [-0.15, -0.1) is 0 Å². The third-order valence-corrected chi connectivity index (χ3v) is 2.51. The number of carbonyl (C=O) groups excluding carboxylic acids is 1. The highest BCUT2D eigenvalue weighted by Gasteiger charge is 2.33. The van der Waals surface area contributed by atoms with Crippen molar-refractivity contribution in [2.75, 3.05) is 14.1 Å². The third-order valence-electron chi connectivity index (χ3n) is 2.51. The molecule has 1 aromatic rings. The molecule has 2 nitrogen and oxygen atoms in total. The van der Waals surface area contributed by atoms with Gasteiger partial charge in [-0.2, -0.15) is 13.2 Å². The van der Waals surface area contributed by atoms with Gasteiger partial charge in [-0.1, -0.05) is 6.07 Å². The number of rotatable bonds is 1. The Morgan fingerprint density at radius 2 is 1.65 bits per heavy atom. The zero-order chi connectivity index (χ0) is 13.4. The second-order valence-corrected chi connectivity index (χ2v) is 4.18. The lowest BCUT2D eigenvalue weighted by Gasteiger charge is -2.16. The van der Waals surface area contributed by atoms with Crippen LogP contribution in [0.1, 0.15) is 27.0 Å². The molecular weight excluding hydrogens is 231 g/mol. The minimum atomic E-state index is -4.43. The predicted octanol–water partition coefficient (Wildman–Crippen LogP) is 3.02. The summed E-state index contributed by atoms with van der Waals surface area (Å²) < 4.78 is 38.1. The first kappa shape index (κ1) is 13.5. The Balaban J connectivity index is 3.39. The van der Waals surface area contributed by atoms with Crippen molar-refractivity contribution >= 4 is 5.91 Å². The fraction of sp³-hybridized carbons (Fsp3) is 0.417. The average Bonchev–Trinajstić information content (AvgIpc) is 2.14. The first-order chi connectivity index (χ1) is 7.64. The standard InChI is InChI=1S/C12H14F3NO/c1-7-5-8(2)10(12(13,14)15)6-9(7)11(17)16(3)4/h5-6H,1-4H3. The second kappa shape index (κ2) is 4.39. The fourth-order valence-corrected chi connectivity index (χ4v) is 1.63. The van der Waals surface area contributed by atoms with E-state index in [-0.39, 0.29) is 11.1 Å². The maximum atomic E-state index is 12.7. The summed E-state index contributed by atoms with van der Waals surface area (Å²) in [6, 6.07) is 2.31. The number of hydrogen-bond acceptors (Lipinski definition) is 1. The van der Waals surface area contributed by atoms with Crippen LogP contribution >= 0.6 is 0 Å². The van der Waals surface area contributed by atoms with Gasteiger partial charge in [0, 0.05) is 19.7 Å². The Morgan fingerprint density at radius 1 is 1.12 bits per heavy atom. The van der Waals surface area contributed by atoms with Crippen LogP contribution in [-0.2, 0) is 6.18 Å². The average molecular weight is 245 g/mol. The number of aryl methyl sites for hydroxylation is 2. The Bertz CT molecular complexity index is 450. The van der Waals surface area contributed by atoms with E-state index in [1.165, 1.54) is 32.0 Å². The van der Waals surface area contributed by atoms with Gasteiger partial charge in [0.15, 0.2) is 0 Å². The van der Waals surface area contributed by atoms with Gasteiger partial charge >= 0.3 is 6.18 Å². The largest absolute Gasteiger partial charge is 0.416 e. The summed E-state index contributed by atoms with van der Waals surface area (Å²) in [7, 11) is 3.02. The molecule has 0 fully saturated rings. The summed E-state index contributed by atoms with van der Waals surface area (Å²) in [6.45, 7) is 3.02. The van der Waals surface area contributed by atoms with Crippen LogP contribution in [0.15, 0.2) is 12.1 Å². The quantitative estimate of drug-likeness (QED) is 0.744. The molecule has 17 heavy (non-hydrogen) atoms. The number of alkyl halides is 3. The summed E-state index contributed by atoms with van der Waals surface area (Å²) in [5, 5.41) is 0. The molecule has 1 amide bonds. The van der Waals surface area contributed by atoms with Crippen LogP contribution in [0.4, 0.5) is 13.2 Å². The maximum Gasteiger partial charge on any atom is 0.416 e. The molecule has 0 N–H and O–H groups in total. The molecule has 5 heteroatoms. The molecule has 1 aromatic carbocycles. The highest BCUT2D eigenvalue weighted by atomic mass is 19.4. The number of hydrogen-bond donors (Lipinski definition) is 0. The lowest BCUT2D eigenvalue weighted by atomic mass is 9.99. The monoisotopic (exact) mass is 245 g/mol. The van der Waals surface area contributed by atoms with Crippen molar-refractivity contribution < 1.29 is 18.0 Å². The molecule has 0 aliphatic heterocycles. The highest BCUT2D eigenvalue weighted by molar-refractivity contribution is 5.95. The molecular formula is C12H14F3NO. The third kappa shape index (κ3) is 2.78. The van der Waals surface area contributed by atoms with E-state index < -0.39 is 17.6 Å². The molecule has 94 valence electrons. The zero-order valence-electron chi connectivity index (χ0n) is 10.1. The van der Waals surface area contributed by atoms with Crippen LogP contribution in [0, 0.1) is 13.8 Å². The van der Waals surface area contributed by atoms with Crippen molar-refractivity contribution in [3.63, 3.8) is 0 Å².